The maximum atomic E-state index is 12.1. The van der Waals surface area contributed by atoms with Gasteiger partial charge in [0.05, 0.1) is 6.61 Å². The topological polar surface area (TPSA) is 92.7 Å². The summed E-state index contributed by atoms with van der Waals surface area (Å²) in [5.41, 5.74) is 3.19. The van der Waals surface area contributed by atoms with Crippen LogP contribution in [0, 0.1) is 13.8 Å². The number of ether oxygens (including phenoxy) is 1. The first kappa shape index (κ1) is 21.2. The number of hydrogen-bond acceptors (Lipinski definition) is 4. The molecule has 6 nitrogen and oxygen atoms in total. The van der Waals surface area contributed by atoms with Crippen LogP contribution in [0.15, 0.2) is 42.5 Å². The van der Waals surface area contributed by atoms with Gasteiger partial charge in [-0.1, -0.05) is 18.2 Å². The Labute approximate surface area is 164 Å². The van der Waals surface area contributed by atoms with Gasteiger partial charge in [-0.3, -0.25) is 9.59 Å². The molecule has 0 radical (unpaired) electrons. The van der Waals surface area contributed by atoms with Gasteiger partial charge in [0.25, 0.3) is 0 Å². The number of aryl methyl sites for hydroxylation is 2. The van der Waals surface area contributed by atoms with Crippen molar-refractivity contribution in [2.75, 3.05) is 6.61 Å². The number of benzene rings is 2. The first-order valence-corrected chi connectivity index (χ1v) is 9.11. The monoisotopic (exact) mass is 383 g/mol. The lowest BCUT2D eigenvalue weighted by Crippen LogP contribution is -2.33. The maximum Gasteiger partial charge on any atom is 0.330 e. The molecule has 2 rings (SSSR count). The summed E-state index contributed by atoms with van der Waals surface area (Å²) in [6, 6.07) is 11.0. The van der Waals surface area contributed by atoms with Crippen molar-refractivity contribution < 1.29 is 24.2 Å². The molecule has 1 atom stereocenters. The first-order chi connectivity index (χ1) is 13.3. The molecule has 0 saturated carbocycles. The Balaban J connectivity index is 1.83. The van der Waals surface area contributed by atoms with Gasteiger partial charge in [0.15, 0.2) is 11.8 Å². The van der Waals surface area contributed by atoms with Crippen molar-refractivity contribution in [1.82, 2.24) is 5.32 Å². The Morgan fingerprint density at radius 2 is 1.71 bits per heavy atom. The van der Waals surface area contributed by atoms with Crippen LogP contribution in [0.5, 0.6) is 5.75 Å². The number of aliphatic carboxylic acids is 1. The molecule has 0 spiro atoms. The van der Waals surface area contributed by atoms with E-state index in [1.54, 1.807) is 36.4 Å². The van der Waals surface area contributed by atoms with Gasteiger partial charge in [0, 0.05) is 12.0 Å². The molecule has 6 heteroatoms. The van der Waals surface area contributed by atoms with E-state index in [0.717, 1.165) is 11.1 Å². The smallest absolute Gasteiger partial charge is 0.330 e. The lowest BCUT2D eigenvalue weighted by atomic mass is 10.0. The van der Waals surface area contributed by atoms with E-state index in [0.29, 0.717) is 29.9 Å². The van der Waals surface area contributed by atoms with E-state index in [1.807, 2.05) is 19.9 Å². The minimum atomic E-state index is -1.10. The molecule has 0 aliphatic rings. The number of ketones is 1. The van der Waals surface area contributed by atoms with E-state index < -0.39 is 12.0 Å². The van der Waals surface area contributed by atoms with Crippen molar-refractivity contribution in [1.29, 1.82) is 0 Å². The minimum absolute atomic E-state index is 0.0139. The molecular weight excluding hydrogens is 358 g/mol. The third-order valence-electron chi connectivity index (χ3n) is 4.49. The van der Waals surface area contributed by atoms with Crippen LogP contribution in [0.1, 0.15) is 52.9 Å². The fourth-order valence-electron chi connectivity index (χ4n) is 2.67. The molecular formula is C22H25NO5. The van der Waals surface area contributed by atoms with Crippen LogP contribution in [0.2, 0.25) is 0 Å². The van der Waals surface area contributed by atoms with Gasteiger partial charge in [-0.15, -0.1) is 0 Å². The Morgan fingerprint density at radius 3 is 2.29 bits per heavy atom. The van der Waals surface area contributed by atoms with Crippen molar-refractivity contribution >= 4 is 17.7 Å². The molecule has 0 fully saturated rings. The van der Waals surface area contributed by atoms with E-state index in [-0.39, 0.29) is 18.1 Å². The van der Waals surface area contributed by atoms with Gasteiger partial charge >= 0.3 is 5.97 Å². The number of carboxylic acids is 1. The summed E-state index contributed by atoms with van der Waals surface area (Å²) >= 11 is 0. The molecule has 0 aliphatic heterocycles. The molecule has 1 amide bonds. The van der Waals surface area contributed by atoms with E-state index in [4.69, 9.17) is 4.74 Å². The highest BCUT2D eigenvalue weighted by Gasteiger charge is 2.22. The second-order valence-electron chi connectivity index (χ2n) is 6.72. The largest absolute Gasteiger partial charge is 0.494 e. The third-order valence-corrected chi connectivity index (χ3v) is 4.49. The zero-order chi connectivity index (χ0) is 20.7. The molecule has 0 aliphatic carbocycles. The normalized spacial score (nSPS) is 11.5. The Kier molecular flexibility index (Phi) is 7.32. The number of amides is 1. The van der Waals surface area contributed by atoms with Gasteiger partial charge in [-0.25, -0.2) is 4.79 Å². The Hall–Kier alpha value is -3.15. The lowest BCUT2D eigenvalue weighted by molar-refractivity contribution is -0.142. The standard InChI is InChI=1S/C22H25NO5/c1-14-6-7-18(13-15(14)2)21(22(26)27)23-20(25)5-4-12-28-19-10-8-17(9-11-19)16(3)24/h6-11,13,21H,4-5,12H2,1-3H3,(H,23,25)(H,26,27). The van der Waals surface area contributed by atoms with E-state index >= 15 is 0 Å². The van der Waals surface area contributed by atoms with Crippen LogP contribution in [0.3, 0.4) is 0 Å². The highest BCUT2D eigenvalue weighted by molar-refractivity contribution is 5.94. The predicted octanol–water partition coefficient (Wildman–Crippen LogP) is 3.61. The molecule has 0 heterocycles. The number of nitrogens with one attached hydrogen (secondary N) is 1. The van der Waals surface area contributed by atoms with Crippen molar-refractivity contribution in [2.45, 2.75) is 39.7 Å². The van der Waals surface area contributed by atoms with Gasteiger partial charge < -0.3 is 15.2 Å². The van der Waals surface area contributed by atoms with Gasteiger partial charge in [-0.2, -0.15) is 0 Å². The Bertz CT molecular complexity index is 858. The van der Waals surface area contributed by atoms with Crippen LogP contribution in [0.4, 0.5) is 0 Å². The molecule has 148 valence electrons. The summed E-state index contributed by atoms with van der Waals surface area (Å²) in [7, 11) is 0. The zero-order valence-corrected chi connectivity index (χ0v) is 16.3. The SMILES string of the molecule is CC(=O)c1ccc(OCCCC(=O)NC(C(=O)O)c2ccc(C)c(C)c2)cc1. The predicted molar refractivity (Wildman–Crippen MR) is 106 cm³/mol. The molecule has 0 saturated heterocycles. The quantitative estimate of drug-likeness (QED) is 0.510. The fourth-order valence-corrected chi connectivity index (χ4v) is 2.67. The number of rotatable bonds is 9. The third kappa shape index (κ3) is 5.94. The highest BCUT2D eigenvalue weighted by atomic mass is 16.5. The second kappa shape index (κ2) is 9.69. The van der Waals surface area contributed by atoms with Crippen molar-refractivity contribution in [3.63, 3.8) is 0 Å². The molecule has 2 aromatic rings. The van der Waals surface area contributed by atoms with Gasteiger partial charge in [0.1, 0.15) is 5.75 Å². The number of hydrogen-bond donors (Lipinski definition) is 2. The molecule has 28 heavy (non-hydrogen) atoms. The number of carbonyl (C=O) groups is 3. The number of Topliss-reactive ketones (excluding diaryl/α,β-unsaturated/α-hetero) is 1. The van der Waals surface area contributed by atoms with Crippen molar-refractivity contribution in [2.24, 2.45) is 0 Å². The lowest BCUT2D eigenvalue weighted by Gasteiger charge is -2.16. The molecule has 2 aromatic carbocycles. The first-order valence-electron chi connectivity index (χ1n) is 9.11. The highest BCUT2D eigenvalue weighted by Crippen LogP contribution is 2.18. The number of carbonyl (C=O) groups excluding carboxylic acids is 2. The summed E-state index contributed by atoms with van der Waals surface area (Å²) in [5, 5.41) is 12.0. The minimum Gasteiger partial charge on any atom is -0.494 e. The van der Waals surface area contributed by atoms with Crippen LogP contribution in [-0.4, -0.2) is 29.4 Å². The van der Waals surface area contributed by atoms with E-state index in [9.17, 15) is 19.5 Å². The van der Waals surface area contributed by atoms with Crippen LogP contribution in [0.25, 0.3) is 0 Å². The molecule has 1 unspecified atom stereocenters. The Morgan fingerprint density at radius 1 is 1.04 bits per heavy atom. The van der Waals surface area contributed by atoms with Crippen LogP contribution < -0.4 is 10.1 Å². The molecule has 0 aromatic heterocycles. The van der Waals surface area contributed by atoms with Crippen molar-refractivity contribution in [3.05, 3.63) is 64.7 Å². The average Bonchev–Trinajstić information content (AvgIpc) is 2.65. The number of carboxylic acid groups (broad SMARTS) is 1. The average molecular weight is 383 g/mol. The summed E-state index contributed by atoms with van der Waals surface area (Å²) in [6.07, 6.45) is 0.597. The van der Waals surface area contributed by atoms with Gasteiger partial charge in [-0.05, 0) is 68.1 Å². The summed E-state index contributed by atoms with van der Waals surface area (Å²) in [6.45, 7) is 5.66. The fraction of sp³-hybridized carbons (Fsp3) is 0.318. The van der Waals surface area contributed by atoms with E-state index in [2.05, 4.69) is 5.32 Å². The second-order valence-corrected chi connectivity index (χ2v) is 6.72. The summed E-state index contributed by atoms with van der Waals surface area (Å²) in [4.78, 5) is 34.9. The summed E-state index contributed by atoms with van der Waals surface area (Å²) in [5.74, 6) is -0.844. The maximum absolute atomic E-state index is 12.1. The molecule has 0 bridgehead atoms. The molecule has 2 N–H and O–H groups in total. The van der Waals surface area contributed by atoms with Crippen molar-refractivity contribution in [3.8, 4) is 5.75 Å². The zero-order valence-electron chi connectivity index (χ0n) is 16.3. The van der Waals surface area contributed by atoms with Gasteiger partial charge in [0.2, 0.25) is 5.91 Å². The summed E-state index contributed by atoms with van der Waals surface area (Å²) < 4.78 is 5.55. The van der Waals surface area contributed by atoms with Crippen LogP contribution >= 0.6 is 0 Å². The van der Waals surface area contributed by atoms with Crippen LogP contribution in [-0.2, 0) is 9.59 Å². The van der Waals surface area contributed by atoms with E-state index in [1.165, 1.54) is 6.92 Å².